The summed E-state index contributed by atoms with van der Waals surface area (Å²) in [6.07, 6.45) is 0. The summed E-state index contributed by atoms with van der Waals surface area (Å²) < 4.78 is 28.3. The van der Waals surface area contributed by atoms with Crippen molar-refractivity contribution in [2.45, 2.75) is 11.4 Å². The summed E-state index contributed by atoms with van der Waals surface area (Å²) in [6, 6.07) is 12.1. The molecule has 0 aliphatic rings. The fourth-order valence-electron chi connectivity index (χ4n) is 1.58. The van der Waals surface area contributed by atoms with Crippen molar-refractivity contribution >= 4 is 53.5 Å². The molecule has 2 rings (SSSR count). The highest BCUT2D eigenvalue weighted by Crippen LogP contribution is 2.26. The molecule has 0 saturated heterocycles. The molecule has 0 bridgehead atoms. The van der Waals surface area contributed by atoms with Crippen LogP contribution in [0.3, 0.4) is 0 Å². The number of benzene rings is 2. The van der Waals surface area contributed by atoms with Gasteiger partial charge in [-0.2, -0.15) is 0 Å². The molecule has 0 saturated carbocycles. The summed E-state index contributed by atoms with van der Waals surface area (Å²) in [5.74, 6) is 0. The molecule has 0 unspecified atom stereocenters. The van der Waals surface area contributed by atoms with Crippen LogP contribution in [0.15, 0.2) is 56.3 Å². The van der Waals surface area contributed by atoms with E-state index in [1.165, 1.54) is 0 Å². The quantitative estimate of drug-likeness (QED) is 0.770. The van der Waals surface area contributed by atoms with Crippen LogP contribution in [0.5, 0.6) is 0 Å². The Hall–Kier alpha value is -0.400. The summed E-state index contributed by atoms with van der Waals surface area (Å²) in [5.41, 5.74) is 0.726. The highest BCUT2D eigenvalue weighted by atomic mass is 79.9. The van der Waals surface area contributed by atoms with Crippen molar-refractivity contribution in [1.82, 2.24) is 4.72 Å². The molecule has 3 nitrogen and oxygen atoms in total. The molecule has 0 fully saturated rings. The van der Waals surface area contributed by atoms with Crippen LogP contribution in [0.25, 0.3) is 0 Å². The van der Waals surface area contributed by atoms with E-state index in [0.717, 1.165) is 5.56 Å². The van der Waals surface area contributed by atoms with Crippen LogP contribution in [-0.2, 0) is 16.6 Å². The molecule has 0 atom stereocenters. The molecule has 0 aliphatic heterocycles. The lowest BCUT2D eigenvalue weighted by atomic mass is 10.2. The van der Waals surface area contributed by atoms with E-state index in [2.05, 4.69) is 36.6 Å². The molecule has 106 valence electrons. The van der Waals surface area contributed by atoms with Crippen LogP contribution in [-0.4, -0.2) is 8.42 Å². The van der Waals surface area contributed by atoms with Crippen LogP contribution < -0.4 is 4.72 Å². The van der Waals surface area contributed by atoms with Crippen molar-refractivity contribution in [3.8, 4) is 0 Å². The predicted octanol–water partition coefficient (Wildman–Crippen LogP) is 4.34. The Morgan fingerprint density at radius 3 is 2.50 bits per heavy atom. The zero-order valence-corrected chi connectivity index (χ0v) is 14.9. The third-order valence-corrected chi connectivity index (χ3v) is 5.85. The van der Waals surface area contributed by atoms with E-state index >= 15 is 0 Å². The van der Waals surface area contributed by atoms with Gasteiger partial charge in [0.25, 0.3) is 0 Å². The van der Waals surface area contributed by atoms with Gasteiger partial charge in [0.15, 0.2) is 0 Å². The first-order chi connectivity index (χ1) is 9.40. The van der Waals surface area contributed by atoms with Gasteiger partial charge < -0.3 is 0 Å². The molecule has 0 aromatic heterocycles. The highest BCUT2D eigenvalue weighted by molar-refractivity contribution is 9.11. The number of rotatable bonds is 4. The minimum absolute atomic E-state index is 0.140. The Balaban J connectivity index is 2.24. The second kappa shape index (κ2) is 6.58. The molecule has 1 N–H and O–H groups in total. The van der Waals surface area contributed by atoms with Gasteiger partial charge >= 0.3 is 0 Å². The first-order valence-corrected chi connectivity index (χ1v) is 9.03. The first kappa shape index (κ1) is 16.0. The Bertz CT molecular complexity index is 735. The monoisotopic (exact) mass is 437 g/mol. The zero-order chi connectivity index (χ0) is 14.8. The lowest BCUT2D eigenvalue weighted by Crippen LogP contribution is -2.23. The maximum atomic E-state index is 12.3. The number of hydrogen-bond acceptors (Lipinski definition) is 2. The lowest BCUT2D eigenvalue weighted by molar-refractivity contribution is 0.581. The smallest absolute Gasteiger partial charge is 0.207 e. The van der Waals surface area contributed by atoms with Crippen LogP contribution >= 0.6 is 43.5 Å². The molecular formula is C13H10Br2ClNO2S. The predicted molar refractivity (Wildman–Crippen MR) is 87.3 cm³/mol. The van der Waals surface area contributed by atoms with Gasteiger partial charge in [-0.1, -0.05) is 45.7 Å². The van der Waals surface area contributed by atoms with E-state index in [-0.39, 0.29) is 11.4 Å². The fourth-order valence-corrected chi connectivity index (χ4v) is 4.28. The van der Waals surface area contributed by atoms with Gasteiger partial charge in [0.1, 0.15) is 0 Å². The van der Waals surface area contributed by atoms with E-state index in [9.17, 15) is 8.42 Å². The van der Waals surface area contributed by atoms with Crippen molar-refractivity contribution in [1.29, 1.82) is 0 Å². The topological polar surface area (TPSA) is 46.2 Å². The molecule has 0 radical (unpaired) electrons. The largest absolute Gasteiger partial charge is 0.242 e. The standard InChI is InChI=1S/C13H10Br2ClNO2S/c14-10-5-6-11(15)13(7-10)20(18,19)17-8-9-3-1-2-4-12(9)16/h1-7,17H,8H2. The van der Waals surface area contributed by atoms with Crippen molar-refractivity contribution < 1.29 is 8.42 Å². The van der Waals surface area contributed by atoms with Crippen molar-refractivity contribution in [2.75, 3.05) is 0 Å². The molecule has 2 aromatic rings. The van der Waals surface area contributed by atoms with Gasteiger partial charge in [0, 0.05) is 20.5 Å². The van der Waals surface area contributed by atoms with E-state index in [0.29, 0.717) is 14.0 Å². The molecule has 0 amide bonds. The van der Waals surface area contributed by atoms with Crippen LogP contribution in [0, 0.1) is 0 Å². The van der Waals surface area contributed by atoms with Gasteiger partial charge in [-0.15, -0.1) is 0 Å². The van der Waals surface area contributed by atoms with Crippen molar-refractivity contribution in [3.63, 3.8) is 0 Å². The van der Waals surface area contributed by atoms with E-state index < -0.39 is 10.0 Å². The number of nitrogens with one attached hydrogen (secondary N) is 1. The minimum Gasteiger partial charge on any atom is -0.207 e. The maximum Gasteiger partial charge on any atom is 0.242 e. The molecule has 0 spiro atoms. The average molecular weight is 440 g/mol. The van der Waals surface area contributed by atoms with Crippen LogP contribution in [0.1, 0.15) is 5.56 Å². The zero-order valence-electron chi connectivity index (χ0n) is 10.1. The summed E-state index contributed by atoms with van der Waals surface area (Å²) in [5, 5.41) is 0.531. The normalized spacial score (nSPS) is 11.6. The first-order valence-electron chi connectivity index (χ1n) is 5.58. The SMILES string of the molecule is O=S(=O)(NCc1ccccc1Cl)c1cc(Br)ccc1Br. The fraction of sp³-hybridized carbons (Fsp3) is 0.0769. The third-order valence-electron chi connectivity index (χ3n) is 2.59. The second-order valence-corrected chi connectivity index (χ2v) is 7.90. The van der Waals surface area contributed by atoms with Gasteiger partial charge in [-0.05, 0) is 45.8 Å². The summed E-state index contributed by atoms with van der Waals surface area (Å²) in [6.45, 7) is 0.140. The lowest BCUT2D eigenvalue weighted by Gasteiger charge is -2.10. The Morgan fingerprint density at radius 1 is 1.10 bits per heavy atom. The molecule has 0 heterocycles. The van der Waals surface area contributed by atoms with Crippen LogP contribution in [0.4, 0.5) is 0 Å². The van der Waals surface area contributed by atoms with E-state index in [1.54, 1.807) is 36.4 Å². The second-order valence-electron chi connectivity index (χ2n) is 3.99. The summed E-state index contributed by atoms with van der Waals surface area (Å²) in [7, 11) is -3.61. The highest BCUT2D eigenvalue weighted by Gasteiger charge is 2.18. The summed E-state index contributed by atoms with van der Waals surface area (Å²) >= 11 is 12.5. The van der Waals surface area contributed by atoms with Crippen molar-refractivity contribution in [3.05, 3.63) is 62.0 Å². The Morgan fingerprint density at radius 2 is 1.80 bits per heavy atom. The Kier molecular flexibility index (Phi) is 5.25. The van der Waals surface area contributed by atoms with E-state index in [1.807, 2.05) is 6.07 Å². The number of hydrogen-bond donors (Lipinski definition) is 1. The molecule has 0 aliphatic carbocycles. The van der Waals surface area contributed by atoms with Crippen molar-refractivity contribution in [2.24, 2.45) is 0 Å². The summed E-state index contributed by atoms with van der Waals surface area (Å²) in [4.78, 5) is 0.180. The number of sulfonamides is 1. The van der Waals surface area contributed by atoms with Gasteiger partial charge in [-0.3, -0.25) is 0 Å². The molecule has 7 heteroatoms. The molecule has 20 heavy (non-hydrogen) atoms. The van der Waals surface area contributed by atoms with Crippen LogP contribution in [0.2, 0.25) is 5.02 Å². The average Bonchev–Trinajstić information content (AvgIpc) is 2.40. The maximum absolute atomic E-state index is 12.3. The van der Waals surface area contributed by atoms with E-state index in [4.69, 9.17) is 11.6 Å². The van der Waals surface area contributed by atoms with Gasteiger partial charge in [0.2, 0.25) is 10.0 Å². The number of halogens is 3. The van der Waals surface area contributed by atoms with Gasteiger partial charge in [0.05, 0.1) is 4.90 Å². The molecular weight excluding hydrogens is 429 g/mol. The van der Waals surface area contributed by atoms with Gasteiger partial charge in [-0.25, -0.2) is 13.1 Å². The Labute approximate surface area is 139 Å². The molecule has 2 aromatic carbocycles. The third kappa shape index (κ3) is 3.83. The minimum atomic E-state index is -3.61.